The van der Waals surface area contributed by atoms with E-state index in [1.807, 2.05) is 86.6 Å². The lowest BCUT2D eigenvalue weighted by Crippen LogP contribution is -2.44. The van der Waals surface area contributed by atoms with E-state index >= 15 is 0 Å². The molecule has 3 N–H and O–H groups in total. The largest absolute Gasteiger partial charge is 0.379 e. The molecular weight excluding hydrogens is 400 g/mol. The lowest BCUT2D eigenvalue weighted by molar-refractivity contribution is 0.0428. The number of carbonyl (C=O) groups excluding carboxylic acids is 1. The van der Waals surface area contributed by atoms with E-state index in [4.69, 9.17) is 0 Å². The normalized spacial score (nSPS) is 16.7. The van der Waals surface area contributed by atoms with Crippen molar-refractivity contribution in [1.29, 1.82) is 0 Å². The molecule has 0 aliphatic carbocycles. The van der Waals surface area contributed by atoms with Gasteiger partial charge in [0.05, 0.1) is 0 Å². The van der Waals surface area contributed by atoms with Crippen LogP contribution in [-0.4, -0.2) is 46.7 Å². The van der Waals surface area contributed by atoms with Gasteiger partial charge in [0.15, 0.2) is 0 Å². The Labute approximate surface area is 189 Å². The maximum absolute atomic E-state index is 12.5. The highest BCUT2D eigenvalue weighted by Crippen LogP contribution is 2.31. The van der Waals surface area contributed by atoms with Gasteiger partial charge in [-0.2, -0.15) is 0 Å². The zero-order valence-electron chi connectivity index (χ0n) is 18.6. The summed E-state index contributed by atoms with van der Waals surface area (Å²) in [6, 6.07) is 23.1. The fraction of sp³-hybridized carbons (Fsp3) is 0.308. The topological polar surface area (TPSA) is 77.5 Å². The van der Waals surface area contributed by atoms with Crippen LogP contribution in [0.2, 0.25) is 0 Å². The first kappa shape index (κ1) is 22.0. The van der Waals surface area contributed by atoms with Crippen LogP contribution in [0.5, 0.6) is 0 Å². The summed E-state index contributed by atoms with van der Waals surface area (Å²) < 4.78 is 0. The Morgan fingerprint density at radius 2 is 1.59 bits per heavy atom. The molecular formula is C26H30N4O2. The number of nitrogens with zero attached hydrogens (tertiary/aromatic N) is 2. The molecule has 1 aromatic heterocycles. The highest BCUT2D eigenvalue weighted by molar-refractivity contribution is 5.89. The fourth-order valence-corrected chi connectivity index (χ4v) is 4.45. The van der Waals surface area contributed by atoms with Crippen molar-refractivity contribution in [2.24, 2.45) is 0 Å². The smallest absolute Gasteiger partial charge is 0.319 e. The van der Waals surface area contributed by atoms with Crippen LogP contribution in [-0.2, 0) is 5.60 Å². The summed E-state index contributed by atoms with van der Waals surface area (Å²) in [6.45, 7) is 5.77. The van der Waals surface area contributed by atoms with Crippen molar-refractivity contribution >= 4 is 11.7 Å². The average Bonchev–Trinajstić information content (AvgIpc) is 3.20. The molecule has 6 heteroatoms. The summed E-state index contributed by atoms with van der Waals surface area (Å²) in [5, 5.41) is 17.8. The minimum atomic E-state index is -1.12. The van der Waals surface area contributed by atoms with Crippen molar-refractivity contribution in [1.82, 2.24) is 15.2 Å². The summed E-state index contributed by atoms with van der Waals surface area (Å²) in [5.41, 5.74) is 3.09. The Balaban J connectivity index is 1.41. The summed E-state index contributed by atoms with van der Waals surface area (Å²) in [5.74, 6) is 0. The molecule has 0 radical (unpaired) electrons. The molecule has 166 valence electrons. The van der Waals surface area contributed by atoms with Crippen LogP contribution in [0.15, 0.2) is 72.8 Å². The van der Waals surface area contributed by atoms with Gasteiger partial charge < -0.3 is 15.7 Å². The molecule has 0 unspecified atom stereocenters. The van der Waals surface area contributed by atoms with E-state index in [9.17, 15) is 9.90 Å². The number of anilines is 1. The third kappa shape index (κ3) is 5.15. The minimum absolute atomic E-state index is 0.0230. The van der Waals surface area contributed by atoms with Gasteiger partial charge in [0.2, 0.25) is 0 Å². The van der Waals surface area contributed by atoms with E-state index in [2.05, 4.69) is 20.5 Å². The number of aryl methyl sites for hydroxylation is 2. The molecule has 1 saturated heterocycles. The highest BCUT2D eigenvalue weighted by atomic mass is 16.3. The zero-order chi connectivity index (χ0) is 22.6. The van der Waals surface area contributed by atoms with Crippen molar-refractivity contribution in [3.8, 4) is 0 Å². The Morgan fingerprint density at radius 3 is 2.16 bits per heavy atom. The summed E-state index contributed by atoms with van der Waals surface area (Å²) in [4.78, 5) is 19.1. The first-order valence-corrected chi connectivity index (χ1v) is 11.0. The number of carbonyl (C=O) groups is 1. The third-order valence-corrected chi connectivity index (χ3v) is 5.90. The van der Waals surface area contributed by atoms with Gasteiger partial charge in [-0.1, -0.05) is 60.7 Å². The number of urea groups is 1. The summed E-state index contributed by atoms with van der Waals surface area (Å²) >= 11 is 0. The second-order valence-corrected chi connectivity index (χ2v) is 8.55. The second kappa shape index (κ2) is 9.51. The van der Waals surface area contributed by atoms with E-state index in [0.717, 1.165) is 41.2 Å². The van der Waals surface area contributed by atoms with Gasteiger partial charge in [-0.05, 0) is 43.5 Å². The van der Waals surface area contributed by atoms with E-state index in [0.29, 0.717) is 13.1 Å². The van der Waals surface area contributed by atoms with Crippen LogP contribution in [0.4, 0.5) is 10.5 Å². The fourth-order valence-electron chi connectivity index (χ4n) is 4.45. The number of aliphatic hydroxyl groups is 1. The van der Waals surface area contributed by atoms with Crippen LogP contribution in [0, 0.1) is 13.8 Å². The molecule has 1 aliphatic rings. The molecule has 1 aliphatic heterocycles. The van der Waals surface area contributed by atoms with Crippen LogP contribution in [0.25, 0.3) is 0 Å². The van der Waals surface area contributed by atoms with Crippen molar-refractivity contribution < 1.29 is 9.90 Å². The molecule has 0 saturated carbocycles. The number of amides is 2. The van der Waals surface area contributed by atoms with Gasteiger partial charge in [-0.25, -0.2) is 4.79 Å². The van der Waals surface area contributed by atoms with Gasteiger partial charge in [0, 0.05) is 42.8 Å². The molecule has 3 aromatic rings. The van der Waals surface area contributed by atoms with Gasteiger partial charge in [-0.15, -0.1) is 0 Å². The number of β-amino-alcohol motifs (C(OH)–C–C–N with tert-alkyl or cyclic N) is 1. The predicted molar refractivity (Wildman–Crippen MR) is 127 cm³/mol. The number of likely N-dealkylation sites (tertiary alicyclic amines) is 1. The van der Waals surface area contributed by atoms with Gasteiger partial charge in [0.25, 0.3) is 0 Å². The number of nitrogens with one attached hydrogen (secondary N) is 2. The molecule has 2 heterocycles. The maximum Gasteiger partial charge on any atom is 0.319 e. The average molecular weight is 431 g/mol. The van der Waals surface area contributed by atoms with Crippen LogP contribution >= 0.6 is 0 Å². The molecule has 1 fully saturated rings. The molecule has 2 amide bonds. The molecule has 1 atom stereocenters. The Hall–Kier alpha value is -3.22. The van der Waals surface area contributed by atoms with Crippen molar-refractivity contribution in [2.45, 2.75) is 31.9 Å². The monoisotopic (exact) mass is 430 g/mol. The van der Waals surface area contributed by atoms with Gasteiger partial charge >= 0.3 is 6.03 Å². The zero-order valence-corrected chi connectivity index (χ0v) is 18.6. The van der Waals surface area contributed by atoms with Crippen LogP contribution in [0.1, 0.15) is 28.9 Å². The lowest BCUT2D eigenvalue weighted by atomic mass is 9.86. The van der Waals surface area contributed by atoms with Crippen molar-refractivity contribution in [3.63, 3.8) is 0 Å². The molecule has 0 spiro atoms. The molecule has 0 bridgehead atoms. The number of pyridine rings is 1. The first-order valence-electron chi connectivity index (χ1n) is 11.0. The second-order valence-electron chi connectivity index (χ2n) is 8.55. The predicted octanol–water partition coefficient (Wildman–Crippen LogP) is 3.83. The molecule has 4 rings (SSSR count). The third-order valence-electron chi connectivity index (χ3n) is 5.90. The first-order chi connectivity index (χ1) is 15.4. The Morgan fingerprint density at radius 1 is 1.03 bits per heavy atom. The summed E-state index contributed by atoms with van der Waals surface area (Å²) in [6.07, 6.45) is 0.835. The van der Waals surface area contributed by atoms with E-state index in [1.54, 1.807) is 0 Å². The Kier molecular flexibility index (Phi) is 6.53. The van der Waals surface area contributed by atoms with E-state index in [1.165, 1.54) is 0 Å². The lowest BCUT2D eigenvalue weighted by Gasteiger charge is -2.33. The van der Waals surface area contributed by atoms with Gasteiger partial charge in [0.1, 0.15) is 5.60 Å². The number of rotatable bonds is 6. The quantitative estimate of drug-likeness (QED) is 0.555. The summed E-state index contributed by atoms with van der Waals surface area (Å²) in [7, 11) is 0. The molecule has 32 heavy (non-hydrogen) atoms. The van der Waals surface area contributed by atoms with Crippen LogP contribution in [0.3, 0.4) is 0 Å². The molecule has 6 nitrogen and oxygen atoms in total. The van der Waals surface area contributed by atoms with Gasteiger partial charge in [-0.3, -0.25) is 9.88 Å². The van der Waals surface area contributed by atoms with Crippen LogP contribution < -0.4 is 10.6 Å². The molecule has 2 aromatic carbocycles. The number of hydrogen-bond acceptors (Lipinski definition) is 4. The number of hydrogen-bond donors (Lipinski definition) is 3. The van der Waals surface area contributed by atoms with Crippen molar-refractivity contribution in [3.05, 3.63) is 95.3 Å². The number of benzene rings is 2. The standard InChI is InChI=1S/C26H30N4O2/c1-19-15-24(16-20(2)27-19)29-25(31)28-23-13-14-30(17-23)18-26(32,21-9-5-3-6-10-21)22-11-7-4-8-12-22/h3-12,15-16,23,32H,13-14,17-18H2,1-2H3,(H2,27,28,29,31)/t23-/m1/s1. The highest BCUT2D eigenvalue weighted by Gasteiger charge is 2.36. The SMILES string of the molecule is Cc1cc(NC(=O)N[C@@H]2CCN(CC(O)(c3ccccc3)c3ccccc3)C2)cc(C)n1. The number of aromatic nitrogens is 1. The maximum atomic E-state index is 12.5. The van der Waals surface area contributed by atoms with Crippen molar-refractivity contribution in [2.75, 3.05) is 25.0 Å². The van der Waals surface area contributed by atoms with E-state index in [-0.39, 0.29) is 12.1 Å². The minimum Gasteiger partial charge on any atom is -0.379 e. The van der Waals surface area contributed by atoms with E-state index < -0.39 is 5.60 Å². The Bertz CT molecular complexity index is 996.